The van der Waals surface area contributed by atoms with Crippen LogP contribution in [0.25, 0.3) is 0 Å². The van der Waals surface area contributed by atoms with E-state index in [1.54, 1.807) is 0 Å². The highest BCUT2D eigenvalue weighted by Crippen LogP contribution is 2.46. The largest absolute Gasteiger partial charge is 0.392 e. The average Bonchev–Trinajstić information content (AvgIpc) is 2.88. The van der Waals surface area contributed by atoms with E-state index >= 15 is 0 Å². The summed E-state index contributed by atoms with van der Waals surface area (Å²) >= 11 is 0. The zero-order chi connectivity index (χ0) is 12.4. The second-order valence-electron chi connectivity index (χ2n) is 5.98. The fraction of sp³-hybridized carbons (Fsp3) is 0.625. The van der Waals surface area contributed by atoms with Crippen molar-refractivity contribution in [2.45, 2.75) is 45.1 Å². The molecule has 0 unspecified atom stereocenters. The third-order valence-corrected chi connectivity index (χ3v) is 4.99. The SMILES string of the molecule is OCc1ccccc1N1CCC2(CCCC2)CC1. The van der Waals surface area contributed by atoms with E-state index in [-0.39, 0.29) is 6.61 Å². The maximum atomic E-state index is 9.43. The van der Waals surface area contributed by atoms with Crippen LogP contribution in [0.4, 0.5) is 5.69 Å². The Hall–Kier alpha value is -1.02. The van der Waals surface area contributed by atoms with Gasteiger partial charge in [-0.1, -0.05) is 31.0 Å². The second kappa shape index (κ2) is 4.93. The van der Waals surface area contributed by atoms with Crippen LogP contribution >= 0.6 is 0 Å². The van der Waals surface area contributed by atoms with Gasteiger partial charge in [-0.25, -0.2) is 0 Å². The minimum absolute atomic E-state index is 0.151. The van der Waals surface area contributed by atoms with E-state index in [1.165, 1.54) is 44.2 Å². The van der Waals surface area contributed by atoms with Crippen LogP contribution in [0.5, 0.6) is 0 Å². The maximum Gasteiger partial charge on any atom is 0.0702 e. The van der Waals surface area contributed by atoms with Crippen LogP contribution < -0.4 is 4.90 Å². The Morgan fingerprint density at radius 2 is 1.67 bits per heavy atom. The van der Waals surface area contributed by atoms with Crippen molar-refractivity contribution in [3.05, 3.63) is 29.8 Å². The number of hydrogen-bond donors (Lipinski definition) is 1. The molecule has 2 nitrogen and oxygen atoms in total. The summed E-state index contributed by atoms with van der Waals surface area (Å²) in [6.45, 7) is 2.48. The molecule has 0 aromatic heterocycles. The third-order valence-electron chi connectivity index (χ3n) is 4.99. The molecule has 18 heavy (non-hydrogen) atoms. The van der Waals surface area contributed by atoms with Gasteiger partial charge in [0.05, 0.1) is 6.61 Å². The number of aliphatic hydroxyl groups excluding tert-OH is 1. The summed E-state index contributed by atoms with van der Waals surface area (Å²) in [5.41, 5.74) is 2.98. The zero-order valence-electron chi connectivity index (χ0n) is 11.1. The molecule has 1 aliphatic carbocycles. The van der Waals surface area contributed by atoms with Crippen molar-refractivity contribution in [2.24, 2.45) is 5.41 Å². The molecule has 1 saturated heterocycles. The average molecular weight is 245 g/mol. The van der Waals surface area contributed by atoms with Gasteiger partial charge in [0.1, 0.15) is 0 Å². The van der Waals surface area contributed by atoms with Crippen LogP contribution in [0.15, 0.2) is 24.3 Å². The summed E-state index contributed by atoms with van der Waals surface area (Å²) < 4.78 is 0. The lowest BCUT2D eigenvalue weighted by Gasteiger charge is -2.41. The molecule has 0 radical (unpaired) electrons. The molecule has 0 atom stereocenters. The smallest absolute Gasteiger partial charge is 0.0702 e. The van der Waals surface area contributed by atoms with Gasteiger partial charge in [0.25, 0.3) is 0 Å². The summed E-state index contributed by atoms with van der Waals surface area (Å²) in [5.74, 6) is 0. The molecule has 98 valence electrons. The van der Waals surface area contributed by atoms with Gasteiger partial charge >= 0.3 is 0 Å². The molecule has 1 heterocycles. The normalized spacial score (nSPS) is 22.6. The fourth-order valence-corrected chi connectivity index (χ4v) is 3.80. The van der Waals surface area contributed by atoms with E-state index in [2.05, 4.69) is 17.0 Å². The van der Waals surface area contributed by atoms with Crippen molar-refractivity contribution in [3.63, 3.8) is 0 Å². The van der Waals surface area contributed by atoms with Crippen molar-refractivity contribution in [2.75, 3.05) is 18.0 Å². The lowest BCUT2D eigenvalue weighted by atomic mass is 9.77. The van der Waals surface area contributed by atoms with E-state index in [9.17, 15) is 5.11 Å². The summed E-state index contributed by atoms with van der Waals surface area (Å²) in [4.78, 5) is 2.47. The van der Waals surface area contributed by atoms with Gasteiger partial charge in [-0.05, 0) is 37.2 Å². The van der Waals surface area contributed by atoms with E-state index < -0.39 is 0 Å². The first-order valence-electron chi connectivity index (χ1n) is 7.27. The number of aliphatic hydroxyl groups is 1. The Balaban J connectivity index is 1.72. The topological polar surface area (TPSA) is 23.5 Å². The highest BCUT2D eigenvalue weighted by molar-refractivity contribution is 5.53. The van der Waals surface area contributed by atoms with E-state index in [4.69, 9.17) is 0 Å². The van der Waals surface area contributed by atoms with Gasteiger partial charge in [-0.3, -0.25) is 0 Å². The van der Waals surface area contributed by atoms with Gasteiger partial charge in [0.2, 0.25) is 0 Å². The van der Waals surface area contributed by atoms with Crippen molar-refractivity contribution >= 4 is 5.69 Å². The van der Waals surface area contributed by atoms with E-state index in [0.29, 0.717) is 5.41 Å². The third kappa shape index (κ3) is 2.14. The van der Waals surface area contributed by atoms with Crippen molar-refractivity contribution in [1.82, 2.24) is 0 Å². The molecule has 2 heteroatoms. The Bertz CT molecular complexity index is 399. The van der Waals surface area contributed by atoms with Gasteiger partial charge < -0.3 is 10.0 Å². The minimum Gasteiger partial charge on any atom is -0.392 e. The number of benzene rings is 1. The monoisotopic (exact) mass is 245 g/mol. The number of anilines is 1. The molecule has 3 rings (SSSR count). The first-order chi connectivity index (χ1) is 8.83. The van der Waals surface area contributed by atoms with Crippen molar-refractivity contribution in [3.8, 4) is 0 Å². The van der Waals surface area contributed by atoms with Crippen LogP contribution in [-0.2, 0) is 6.61 Å². The number of piperidine rings is 1. The van der Waals surface area contributed by atoms with Crippen LogP contribution in [0, 0.1) is 5.41 Å². The highest BCUT2D eigenvalue weighted by atomic mass is 16.3. The van der Waals surface area contributed by atoms with Crippen molar-refractivity contribution in [1.29, 1.82) is 0 Å². The molecule has 1 aromatic rings. The van der Waals surface area contributed by atoms with E-state index in [0.717, 1.165) is 18.7 Å². The predicted octanol–water partition coefficient (Wildman–Crippen LogP) is 3.34. The number of rotatable bonds is 2. The molecule has 0 bridgehead atoms. The molecule has 2 aliphatic rings. The molecule has 1 aliphatic heterocycles. The van der Waals surface area contributed by atoms with Gasteiger partial charge in [0.15, 0.2) is 0 Å². The highest BCUT2D eigenvalue weighted by Gasteiger charge is 2.37. The molecule has 0 amide bonds. The second-order valence-corrected chi connectivity index (χ2v) is 5.98. The Morgan fingerprint density at radius 3 is 2.33 bits per heavy atom. The molecule has 1 spiro atoms. The standard InChI is InChI=1S/C16H23NO/c18-13-14-5-1-2-6-15(14)17-11-9-16(10-12-17)7-3-4-8-16/h1-2,5-6,18H,3-4,7-13H2. The van der Waals surface area contributed by atoms with Gasteiger partial charge in [-0.15, -0.1) is 0 Å². The van der Waals surface area contributed by atoms with Crippen LogP contribution in [-0.4, -0.2) is 18.2 Å². The lowest BCUT2D eigenvalue weighted by Crippen LogP contribution is -2.39. The van der Waals surface area contributed by atoms with Crippen LogP contribution in [0.1, 0.15) is 44.1 Å². The molecular formula is C16H23NO. The summed E-state index contributed by atoms with van der Waals surface area (Å²) in [5, 5.41) is 9.43. The first-order valence-corrected chi connectivity index (χ1v) is 7.27. The predicted molar refractivity (Wildman–Crippen MR) is 74.7 cm³/mol. The number of hydrogen-bond acceptors (Lipinski definition) is 2. The summed E-state index contributed by atoms with van der Waals surface area (Å²) in [7, 11) is 0. The molecule has 1 N–H and O–H groups in total. The molecular weight excluding hydrogens is 222 g/mol. The molecule has 2 fully saturated rings. The maximum absolute atomic E-state index is 9.43. The Morgan fingerprint density at radius 1 is 1.00 bits per heavy atom. The summed E-state index contributed by atoms with van der Waals surface area (Å²) in [6, 6.07) is 8.28. The van der Waals surface area contributed by atoms with Gasteiger partial charge in [0, 0.05) is 24.3 Å². The Labute approximate surface area is 110 Å². The van der Waals surface area contributed by atoms with Crippen LogP contribution in [0.3, 0.4) is 0 Å². The van der Waals surface area contributed by atoms with Crippen molar-refractivity contribution < 1.29 is 5.11 Å². The number of para-hydroxylation sites is 1. The quantitative estimate of drug-likeness (QED) is 0.864. The molecule has 1 aromatic carbocycles. The Kier molecular flexibility index (Phi) is 3.29. The summed E-state index contributed by atoms with van der Waals surface area (Å²) in [6.07, 6.45) is 8.45. The minimum atomic E-state index is 0.151. The van der Waals surface area contributed by atoms with Gasteiger partial charge in [-0.2, -0.15) is 0 Å². The fourth-order valence-electron chi connectivity index (χ4n) is 3.80. The lowest BCUT2D eigenvalue weighted by molar-refractivity contribution is 0.225. The van der Waals surface area contributed by atoms with E-state index in [1.807, 2.05) is 12.1 Å². The number of nitrogens with zero attached hydrogens (tertiary/aromatic N) is 1. The zero-order valence-corrected chi connectivity index (χ0v) is 11.1. The first kappa shape index (κ1) is 12.0. The molecule has 1 saturated carbocycles. The van der Waals surface area contributed by atoms with Crippen LogP contribution in [0.2, 0.25) is 0 Å².